The number of thioether (sulfide) groups is 1. The van der Waals surface area contributed by atoms with E-state index in [0.29, 0.717) is 22.5 Å². The summed E-state index contributed by atoms with van der Waals surface area (Å²) >= 11 is 1.19. The third-order valence-corrected chi connectivity index (χ3v) is 4.38. The van der Waals surface area contributed by atoms with Crippen molar-refractivity contribution in [3.8, 4) is 0 Å². The van der Waals surface area contributed by atoms with Gasteiger partial charge in [-0.05, 0) is 26.7 Å². The summed E-state index contributed by atoms with van der Waals surface area (Å²) < 4.78 is 0. The van der Waals surface area contributed by atoms with E-state index in [1.54, 1.807) is 27.9 Å². The molecule has 0 spiro atoms. The second-order valence-electron chi connectivity index (χ2n) is 5.42. The Balaban J connectivity index is 2.35. The third kappa shape index (κ3) is 3.53. The molecule has 2 rings (SSSR count). The van der Waals surface area contributed by atoms with Crippen LogP contribution >= 0.6 is 11.8 Å². The van der Waals surface area contributed by atoms with E-state index >= 15 is 0 Å². The number of carbonyl (C=O) groups is 2. The van der Waals surface area contributed by atoms with E-state index in [4.69, 9.17) is 0 Å². The van der Waals surface area contributed by atoms with Crippen LogP contribution in [0.5, 0.6) is 0 Å². The fraction of sp³-hybridized carbons (Fsp3) is 0.571. The van der Waals surface area contributed by atoms with Gasteiger partial charge in [0.2, 0.25) is 5.91 Å². The van der Waals surface area contributed by atoms with Gasteiger partial charge in [0.1, 0.15) is 16.4 Å². The maximum Gasteiger partial charge on any atom is 0.340 e. The zero-order valence-electron chi connectivity index (χ0n) is 12.6. The average Bonchev–Trinajstić information content (AvgIpc) is 3.20. The standard InChI is InChI=1S/C14H19N3O3S/c1-7-10(14(19)20)12(16-11(15-7)9-5-6-9)21-8(2)13(18)17(3)4/h8-9H,5-6H2,1-4H3,(H,19,20). The third-order valence-electron chi connectivity index (χ3n) is 3.31. The Kier molecular flexibility index (Phi) is 4.51. The molecule has 21 heavy (non-hydrogen) atoms. The lowest BCUT2D eigenvalue weighted by atomic mass is 10.2. The molecule has 0 radical (unpaired) electrons. The number of carbonyl (C=O) groups excluding carboxylic acids is 1. The molecular weight excluding hydrogens is 290 g/mol. The molecular formula is C14H19N3O3S. The molecule has 1 aliphatic rings. The second-order valence-corrected chi connectivity index (χ2v) is 6.75. The highest BCUT2D eigenvalue weighted by Crippen LogP contribution is 2.39. The van der Waals surface area contributed by atoms with Crippen molar-refractivity contribution in [2.24, 2.45) is 0 Å². The summed E-state index contributed by atoms with van der Waals surface area (Å²) in [6.07, 6.45) is 2.09. The van der Waals surface area contributed by atoms with Gasteiger partial charge in [0.25, 0.3) is 0 Å². The lowest BCUT2D eigenvalue weighted by molar-refractivity contribution is -0.127. The van der Waals surface area contributed by atoms with Crippen molar-refractivity contribution >= 4 is 23.6 Å². The number of hydrogen-bond acceptors (Lipinski definition) is 5. The molecule has 114 valence electrons. The van der Waals surface area contributed by atoms with E-state index in [2.05, 4.69) is 9.97 Å². The van der Waals surface area contributed by atoms with Gasteiger partial charge in [0, 0.05) is 20.0 Å². The van der Waals surface area contributed by atoms with E-state index < -0.39 is 5.97 Å². The monoisotopic (exact) mass is 309 g/mol. The first-order chi connectivity index (χ1) is 9.81. The van der Waals surface area contributed by atoms with E-state index in [1.165, 1.54) is 16.7 Å². The van der Waals surface area contributed by atoms with Crippen molar-refractivity contribution in [3.63, 3.8) is 0 Å². The lowest BCUT2D eigenvalue weighted by Gasteiger charge is -2.17. The first-order valence-corrected chi connectivity index (χ1v) is 7.68. The van der Waals surface area contributed by atoms with Crippen molar-refractivity contribution in [2.45, 2.75) is 42.9 Å². The molecule has 0 aliphatic heterocycles. The highest BCUT2D eigenvalue weighted by atomic mass is 32.2. The molecule has 1 N–H and O–H groups in total. The van der Waals surface area contributed by atoms with Gasteiger partial charge in [-0.2, -0.15) is 0 Å². The summed E-state index contributed by atoms with van der Waals surface area (Å²) in [5.41, 5.74) is 0.564. The van der Waals surface area contributed by atoms with Crippen LogP contribution in [0.1, 0.15) is 47.6 Å². The fourth-order valence-corrected chi connectivity index (χ4v) is 3.15. The maximum absolute atomic E-state index is 12.0. The molecule has 1 fully saturated rings. The summed E-state index contributed by atoms with van der Waals surface area (Å²) in [7, 11) is 3.36. The van der Waals surface area contributed by atoms with Crippen LogP contribution < -0.4 is 0 Å². The summed E-state index contributed by atoms with van der Waals surface area (Å²) in [5, 5.41) is 9.36. The Bertz CT molecular complexity index is 585. The molecule has 6 nitrogen and oxygen atoms in total. The van der Waals surface area contributed by atoms with Gasteiger partial charge < -0.3 is 10.0 Å². The first-order valence-electron chi connectivity index (χ1n) is 6.81. The Morgan fingerprint density at radius 3 is 2.43 bits per heavy atom. The zero-order chi connectivity index (χ0) is 15.7. The second kappa shape index (κ2) is 6.01. The maximum atomic E-state index is 12.0. The topological polar surface area (TPSA) is 83.4 Å². The molecule has 1 heterocycles. The molecule has 1 atom stereocenters. The molecule has 0 bridgehead atoms. The van der Waals surface area contributed by atoms with Crippen molar-refractivity contribution in [1.29, 1.82) is 0 Å². The van der Waals surface area contributed by atoms with Crippen LogP contribution in [0.4, 0.5) is 0 Å². The van der Waals surface area contributed by atoms with E-state index in [9.17, 15) is 14.7 Å². The normalized spacial score (nSPS) is 15.6. The largest absolute Gasteiger partial charge is 0.478 e. The predicted molar refractivity (Wildman–Crippen MR) is 79.7 cm³/mol. The number of aromatic carboxylic acids is 1. The molecule has 1 amide bonds. The molecule has 0 saturated heterocycles. The number of aryl methyl sites for hydroxylation is 1. The van der Waals surface area contributed by atoms with Crippen LogP contribution in [-0.4, -0.2) is 51.2 Å². The Morgan fingerprint density at radius 2 is 1.95 bits per heavy atom. The van der Waals surface area contributed by atoms with Crippen molar-refractivity contribution in [2.75, 3.05) is 14.1 Å². The smallest absolute Gasteiger partial charge is 0.340 e. The van der Waals surface area contributed by atoms with Gasteiger partial charge in [-0.3, -0.25) is 4.79 Å². The summed E-state index contributed by atoms with van der Waals surface area (Å²) in [4.78, 5) is 33.6. The average molecular weight is 309 g/mol. The number of nitrogens with zero attached hydrogens (tertiary/aromatic N) is 3. The number of aromatic nitrogens is 2. The van der Waals surface area contributed by atoms with Crippen molar-refractivity contribution < 1.29 is 14.7 Å². The van der Waals surface area contributed by atoms with Gasteiger partial charge in [0.15, 0.2) is 0 Å². The highest BCUT2D eigenvalue weighted by molar-refractivity contribution is 8.00. The number of carboxylic acids is 1. The first kappa shape index (κ1) is 15.8. The molecule has 7 heteroatoms. The van der Waals surface area contributed by atoms with Crippen LogP contribution in [0.25, 0.3) is 0 Å². The minimum absolute atomic E-state index is 0.0689. The highest BCUT2D eigenvalue weighted by Gasteiger charge is 2.30. The quantitative estimate of drug-likeness (QED) is 0.661. The summed E-state index contributed by atoms with van der Waals surface area (Å²) in [5.74, 6) is -0.0855. The van der Waals surface area contributed by atoms with Crippen LogP contribution in [0.3, 0.4) is 0 Å². The van der Waals surface area contributed by atoms with Crippen molar-refractivity contribution in [1.82, 2.24) is 14.9 Å². The van der Waals surface area contributed by atoms with E-state index in [-0.39, 0.29) is 16.7 Å². The predicted octanol–water partition coefficient (Wildman–Crippen LogP) is 1.93. The van der Waals surface area contributed by atoms with Gasteiger partial charge in [-0.1, -0.05) is 11.8 Å². The van der Waals surface area contributed by atoms with E-state index in [1.807, 2.05) is 0 Å². The lowest BCUT2D eigenvalue weighted by Crippen LogP contribution is -2.30. The van der Waals surface area contributed by atoms with Gasteiger partial charge >= 0.3 is 5.97 Å². The zero-order valence-corrected chi connectivity index (χ0v) is 13.4. The summed E-state index contributed by atoms with van der Waals surface area (Å²) in [6, 6.07) is 0. The molecule has 1 unspecified atom stereocenters. The fourth-order valence-electron chi connectivity index (χ4n) is 2.00. The Labute approximate surface area is 128 Å². The minimum atomic E-state index is -1.05. The van der Waals surface area contributed by atoms with Crippen LogP contribution in [0.2, 0.25) is 0 Å². The van der Waals surface area contributed by atoms with Crippen LogP contribution in [-0.2, 0) is 4.79 Å². The van der Waals surface area contributed by atoms with Crippen LogP contribution in [0.15, 0.2) is 5.03 Å². The van der Waals surface area contributed by atoms with Gasteiger partial charge in [0.05, 0.1) is 10.9 Å². The van der Waals surface area contributed by atoms with Gasteiger partial charge in [-0.25, -0.2) is 14.8 Å². The number of hydrogen-bond donors (Lipinski definition) is 1. The van der Waals surface area contributed by atoms with Crippen molar-refractivity contribution in [3.05, 3.63) is 17.1 Å². The summed E-state index contributed by atoms with van der Waals surface area (Å²) in [6.45, 7) is 3.44. The number of rotatable bonds is 5. The SMILES string of the molecule is Cc1nc(C2CC2)nc(SC(C)C(=O)N(C)C)c1C(=O)O. The number of amides is 1. The number of carboxylic acid groups (broad SMARTS) is 1. The molecule has 0 aromatic carbocycles. The molecule has 1 aliphatic carbocycles. The molecule has 1 aromatic heterocycles. The Hall–Kier alpha value is -1.63. The molecule has 1 saturated carbocycles. The van der Waals surface area contributed by atoms with Crippen LogP contribution in [0, 0.1) is 6.92 Å². The van der Waals surface area contributed by atoms with Gasteiger partial charge in [-0.15, -0.1) is 0 Å². The Morgan fingerprint density at radius 1 is 1.33 bits per heavy atom. The van der Waals surface area contributed by atoms with E-state index in [0.717, 1.165) is 12.8 Å². The minimum Gasteiger partial charge on any atom is -0.478 e. The molecule has 1 aromatic rings.